The summed E-state index contributed by atoms with van der Waals surface area (Å²) < 4.78 is 10.5. The minimum absolute atomic E-state index is 0.0943. The molecule has 5 aromatic rings. The number of para-hydroxylation sites is 1. The molecule has 0 aliphatic rings. The zero-order valence-electron chi connectivity index (χ0n) is 16.4. The number of anilines is 1. The lowest BCUT2D eigenvalue weighted by Crippen LogP contribution is -2.20. The topological polar surface area (TPSA) is 81.4 Å². The van der Waals surface area contributed by atoms with Crippen molar-refractivity contribution in [2.75, 3.05) is 12.4 Å². The minimum atomic E-state index is -0.735. The van der Waals surface area contributed by atoms with Crippen LogP contribution in [0.1, 0.15) is 10.4 Å². The van der Waals surface area contributed by atoms with Gasteiger partial charge in [-0.05, 0) is 29.0 Å². The quantitative estimate of drug-likeness (QED) is 0.391. The maximum absolute atomic E-state index is 12.7. The summed E-state index contributed by atoms with van der Waals surface area (Å²) in [6.07, 6.45) is 0. The maximum Gasteiger partial charge on any atom is 0.349 e. The molecule has 0 radical (unpaired) electrons. The fourth-order valence-corrected chi connectivity index (χ4v) is 4.13. The van der Waals surface area contributed by atoms with Crippen LogP contribution in [0.5, 0.6) is 5.75 Å². The summed E-state index contributed by atoms with van der Waals surface area (Å²) in [5, 5.41) is 7.83. The first kappa shape index (κ1) is 19.0. The van der Waals surface area contributed by atoms with Crippen molar-refractivity contribution in [1.29, 1.82) is 0 Å². The lowest BCUT2D eigenvalue weighted by molar-refractivity contribution is 0.102. The number of methoxy groups -OCH3 is 1. The highest BCUT2D eigenvalue weighted by molar-refractivity contribution is 7.14. The monoisotopic (exact) mass is 428 g/mol. The number of rotatable bonds is 4. The zero-order chi connectivity index (χ0) is 21.4. The van der Waals surface area contributed by atoms with E-state index in [2.05, 4.69) is 22.4 Å². The summed E-state index contributed by atoms with van der Waals surface area (Å²) in [7, 11) is 1.49. The van der Waals surface area contributed by atoms with Crippen molar-refractivity contribution < 1.29 is 13.9 Å². The molecule has 2 heterocycles. The Morgan fingerprint density at radius 1 is 1.00 bits per heavy atom. The highest BCUT2D eigenvalue weighted by Crippen LogP contribution is 2.28. The number of nitrogens with zero attached hydrogens (tertiary/aromatic N) is 1. The summed E-state index contributed by atoms with van der Waals surface area (Å²) in [6, 6.07) is 20.9. The van der Waals surface area contributed by atoms with Gasteiger partial charge in [0.15, 0.2) is 16.5 Å². The van der Waals surface area contributed by atoms with Crippen molar-refractivity contribution in [2.24, 2.45) is 0 Å². The van der Waals surface area contributed by atoms with Gasteiger partial charge in [0.05, 0.1) is 12.8 Å². The van der Waals surface area contributed by atoms with E-state index in [4.69, 9.17) is 9.15 Å². The van der Waals surface area contributed by atoms with E-state index in [0.29, 0.717) is 21.9 Å². The second kappa shape index (κ2) is 7.70. The highest BCUT2D eigenvalue weighted by Gasteiger charge is 2.17. The number of thiazole rings is 1. The number of carbonyl (C=O) groups excluding carboxylic acids is 1. The molecule has 0 atom stereocenters. The Morgan fingerprint density at radius 2 is 1.81 bits per heavy atom. The number of carbonyl (C=O) groups is 1. The normalized spacial score (nSPS) is 11.0. The van der Waals surface area contributed by atoms with Crippen molar-refractivity contribution >= 4 is 44.1 Å². The van der Waals surface area contributed by atoms with Crippen molar-refractivity contribution in [2.45, 2.75) is 0 Å². The van der Waals surface area contributed by atoms with Gasteiger partial charge >= 0.3 is 5.63 Å². The van der Waals surface area contributed by atoms with Crippen LogP contribution < -0.4 is 15.7 Å². The van der Waals surface area contributed by atoms with Gasteiger partial charge in [-0.15, -0.1) is 11.3 Å². The predicted octanol–water partition coefficient (Wildman–Crippen LogP) is 5.33. The Balaban J connectivity index is 1.43. The van der Waals surface area contributed by atoms with Gasteiger partial charge in [-0.1, -0.05) is 48.5 Å². The molecule has 3 aromatic carbocycles. The third kappa shape index (κ3) is 3.55. The lowest BCUT2D eigenvalue weighted by atomic mass is 10.1. The van der Waals surface area contributed by atoms with Crippen LogP contribution in [0.2, 0.25) is 0 Å². The summed E-state index contributed by atoms with van der Waals surface area (Å²) in [5.74, 6) is -0.139. The van der Waals surface area contributed by atoms with Crippen LogP contribution in [0.3, 0.4) is 0 Å². The van der Waals surface area contributed by atoms with E-state index in [-0.39, 0.29) is 5.56 Å². The van der Waals surface area contributed by atoms with Gasteiger partial charge in [0.2, 0.25) is 0 Å². The summed E-state index contributed by atoms with van der Waals surface area (Å²) in [4.78, 5) is 29.6. The van der Waals surface area contributed by atoms with E-state index in [0.717, 1.165) is 22.0 Å². The Kier molecular flexibility index (Phi) is 4.72. The van der Waals surface area contributed by atoms with Crippen LogP contribution in [0.4, 0.5) is 5.13 Å². The molecule has 7 heteroatoms. The van der Waals surface area contributed by atoms with E-state index in [1.165, 1.54) is 24.5 Å². The second-order valence-electron chi connectivity index (χ2n) is 6.88. The van der Waals surface area contributed by atoms with Crippen LogP contribution >= 0.6 is 11.3 Å². The molecule has 0 saturated carbocycles. The summed E-state index contributed by atoms with van der Waals surface area (Å²) >= 11 is 1.29. The van der Waals surface area contributed by atoms with Crippen LogP contribution in [-0.4, -0.2) is 18.0 Å². The fourth-order valence-electron chi connectivity index (χ4n) is 3.41. The number of hydrogen-bond donors (Lipinski definition) is 1. The van der Waals surface area contributed by atoms with Crippen molar-refractivity contribution in [3.05, 3.63) is 88.1 Å². The Bertz CT molecular complexity index is 1500. The molecule has 31 heavy (non-hydrogen) atoms. The van der Waals surface area contributed by atoms with Crippen molar-refractivity contribution in [3.63, 3.8) is 0 Å². The van der Waals surface area contributed by atoms with Gasteiger partial charge in [0.1, 0.15) is 5.56 Å². The first-order chi connectivity index (χ1) is 15.1. The molecule has 1 amide bonds. The number of nitrogens with one attached hydrogen (secondary N) is 1. The van der Waals surface area contributed by atoms with E-state index in [9.17, 15) is 9.59 Å². The first-order valence-electron chi connectivity index (χ1n) is 9.49. The number of benzene rings is 3. The van der Waals surface area contributed by atoms with Gasteiger partial charge in [0, 0.05) is 16.3 Å². The van der Waals surface area contributed by atoms with E-state index in [1.807, 2.05) is 35.7 Å². The average molecular weight is 428 g/mol. The van der Waals surface area contributed by atoms with Crippen LogP contribution in [0.15, 0.2) is 81.3 Å². The molecule has 0 unspecified atom stereocenters. The second-order valence-corrected chi connectivity index (χ2v) is 7.74. The number of ether oxygens (including phenoxy) is 1. The molecule has 5 rings (SSSR count). The predicted molar refractivity (Wildman–Crippen MR) is 122 cm³/mol. The molecule has 0 fully saturated rings. The third-order valence-electron chi connectivity index (χ3n) is 4.96. The molecule has 6 nitrogen and oxygen atoms in total. The van der Waals surface area contributed by atoms with E-state index < -0.39 is 11.5 Å². The number of amides is 1. The number of hydrogen-bond acceptors (Lipinski definition) is 6. The molecule has 152 valence electrons. The third-order valence-corrected chi connectivity index (χ3v) is 5.72. The molecular formula is C24H16N2O4S. The average Bonchev–Trinajstić information content (AvgIpc) is 3.26. The zero-order valence-corrected chi connectivity index (χ0v) is 17.2. The van der Waals surface area contributed by atoms with Crippen LogP contribution in [0.25, 0.3) is 33.0 Å². The molecule has 0 aliphatic carbocycles. The van der Waals surface area contributed by atoms with Gasteiger partial charge in [0.25, 0.3) is 5.91 Å². The molecule has 1 N–H and O–H groups in total. The Morgan fingerprint density at radius 3 is 2.65 bits per heavy atom. The molecular weight excluding hydrogens is 412 g/mol. The molecule has 0 saturated heterocycles. The Labute approximate surface area is 180 Å². The summed E-state index contributed by atoms with van der Waals surface area (Å²) in [5.41, 5.74) is 1.18. The Hall–Kier alpha value is -3.97. The van der Waals surface area contributed by atoms with Gasteiger partial charge in [-0.2, -0.15) is 0 Å². The standard InChI is InChI=1S/C24H16N2O4S/c1-29-20-8-4-7-17-12-18(23(28)30-21(17)20)22(27)26-24-25-19(13-31-24)16-10-9-14-5-2-3-6-15(14)11-16/h2-13H,1H3,(H,25,26,27). The SMILES string of the molecule is COc1cccc2cc(C(=O)Nc3nc(-c4ccc5ccccc5c4)cs3)c(=O)oc12. The molecule has 2 aromatic heterocycles. The molecule has 0 bridgehead atoms. The molecule has 0 spiro atoms. The van der Waals surface area contributed by atoms with Gasteiger partial charge in [-0.3, -0.25) is 10.1 Å². The first-order valence-corrected chi connectivity index (χ1v) is 10.4. The minimum Gasteiger partial charge on any atom is -0.493 e. The smallest absolute Gasteiger partial charge is 0.349 e. The van der Waals surface area contributed by atoms with Crippen LogP contribution in [0, 0.1) is 0 Å². The fraction of sp³-hybridized carbons (Fsp3) is 0.0417. The van der Waals surface area contributed by atoms with E-state index >= 15 is 0 Å². The number of aromatic nitrogens is 1. The highest BCUT2D eigenvalue weighted by atomic mass is 32.1. The van der Waals surface area contributed by atoms with Crippen LogP contribution in [-0.2, 0) is 0 Å². The maximum atomic E-state index is 12.7. The molecule has 0 aliphatic heterocycles. The van der Waals surface area contributed by atoms with Crippen molar-refractivity contribution in [1.82, 2.24) is 4.98 Å². The van der Waals surface area contributed by atoms with Crippen molar-refractivity contribution in [3.8, 4) is 17.0 Å². The lowest BCUT2D eigenvalue weighted by Gasteiger charge is -2.05. The summed E-state index contributed by atoms with van der Waals surface area (Å²) in [6.45, 7) is 0. The van der Waals surface area contributed by atoms with Gasteiger partial charge in [-0.25, -0.2) is 9.78 Å². The van der Waals surface area contributed by atoms with E-state index in [1.54, 1.807) is 18.2 Å². The largest absolute Gasteiger partial charge is 0.493 e. The van der Waals surface area contributed by atoms with Gasteiger partial charge < -0.3 is 9.15 Å². The number of fused-ring (bicyclic) bond motifs is 2.